The highest BCUT2D eigenvalue weighted by Gasteiger charge is 2.11. The number of carbonyl (C=O) groups is 3. The van der Waals surface area contributed by atoms with Gasteiger partial charge in [-0.2, -0.15) is 5.10 Å². The van der Waals surface area contributed by atoms with E-state index in [-0.39, 0.29) is 12.5 Å². The lowest BCUT2D eigenvalue weighted by Gasteiger charge is -2.07. The second kappa shape index (κ2) is 12.5. The summed E-state index contributed by atoms with van der Waals surface area (Å²) in [6, 6.07) is 19.9. The second-order valence-corrected chi connectivity index (χ2v) is 6.90. The highest BCUT2D eigenvalue weighted by atomic mass is 16.5. The number of rotatable bonds is 10. The van der Waals surface area contributed by atoms with Gasteiger partial charge in [0.15, 0.2) is 6.61 Å². The summed E-state index contributed by atoms with van der Waals surface area (Å²) in [5, 5.41) is 9.01. The fourth-order valence-electron chi connectivity index (χ4n) is 2.71. The Kier molecular flexibility index (Phi) is 8.78. The van der Waals surface area contributed by atoms with E-state index in [4.69, 9.17) is 9.15 Å². The van der Waals surface area contributed by atoms with Crippen LogP contribution in [0, 0.1) is 0 Å². The van der Waals surface area contributed by atoms with Crippen molar-refractivity contribution >= 4 is 23.9 Å². The molecule has 0 radical (unpaired) electrons. The SMILES string of the molecule is O=C(COc1ccc(/C=N\NC(=O)C(=O)NCCc2ccccc2)cc1)NCc1ccco1. The molecule has 0 bridgehead atoms. The molecule has 0 aliphatic carbocycles. The molecule has 0 unspecified atom stereocenters. The number of hydrogen-bond acceptors (Lipinski definition) is 6. The van der Waals surface area contributed by atoms with Gasteiger partial charge in [0.05, 0.1) is 19.0 Å². The van der Waals surface area contributed by atoms with E-state index >= 15 is 0 Å². The van der Waals surface area contributed by atoms with E-state index in [0.29, 0.717) is 36.6 Å². The van der Waals surface area contributed by atoms with Crippen molar-refractivity contribution in [3.63, 3.8) is 0 Å². The Balaban J connectivity index is 1.33. The number of nitrogens with zero attached hydrogens (tertiary/aromatic N) is 1. The Labute approximate surface area is 190 Å². The molecule has 2 aromatic carbocycles. The van der Waals surface area contributed by atoms with Crippen LogP contribution in [0.3, 0.4) is 0 Å². The van der Waals surface area contributed by atoms with Crippen LogP contribution in [0.2, 0.25) is 0 Å². The molecular formula is C24H24N4O5. The van der Waals surface area contributed by atoms with Crippen molar-refractivity contribution in [2.45, 2.75) is 13.0 Å². The molecule has 1 aromatic heterocycles. The van der Waals surface area contributed by atoms with Crippen molar-refractivity contribution in [1.82, 2.24) is 16.1 Å². The largest absolute Gasteiger partial charge is 0.484 e. The predicted molar refractivity (Wildman–Crippen MR) is 121 cm³/mol. The Morgan fingerprint density at radius 1 is 0.909 bits per heavy atom. The van der Waals surface area contributed by atoms with Crippen LogP contribution in [0.1, 0.15) is 16.9 Å². The van der Waals surface area contributed by atoms with E-state index in [1.165, 1.54) is 12.5 Å². The zero-order chi connectivity index (χ0) is 23.3. The molecule has 9 nitrogen and oxygen atoms in total. The zero-order valence-electron chi connectivity index (χ0n) is 17.8. The van der Waals surface area contributed by atoms with Gasteiger partial charge in [-0.1, -0.05) is 30.3 Å². The fourth-order valence-corrected chi connectivity index (χ4v) is 2.71. The van der Waals surface area contributed by atoms with E-state index in [1.54, 1.807) is 36.4 Å². The van der Waals surface area contributed by atoms with Crippen LogP contribution >= 0.6 is 0 Å². The monoisotopic (exact) mass is 448 g/mol. The van der Waals surface area contributed by atoms with Gasteiger partial charge in [-0.25, -0.2) is 5.43 Å². The van der Waals surface area contributed by atoms with E-state index < -0.39 is 11.8 Å². The van der Waals surface area contributed by atoms with Crippen LogP contribution in [0.15, 0.2) is 82.5 Å². The van der Waals surface area contributed by atoms with Crippen molar-refractivity contribution < 1.29 is 23.5 Å². The van der Waals surface area contributed by atoms with E-state index in [2.05, 4.69) is 21.2 Å². The standard InChI is InChI=1S/C24H24N4O5/c29-22(26-16-21-7-4-14-32-21)17-33-20-10-8-19(9-11-20)15-27-28-24(31)23(30)25-13-12-18-5-2-1-3-6-18/h1-11,14-15H,12-13,16-17H2,(H,25,30)(H,26,29)(H,28,31)/b27-15-. The van der Waals surface area contributed by atoms with Gasteiger partial charge in [-0.05, 0) is 53.9 Å². The molecule has 0 atom stereocenters. The zero-order valence-corrected chi connectivity index (χ0v) is 17.8. The Morgan fingerprint density at radius 3 is 2.42 bits per heavy atom. The Morgan fingerprint density at radius 2 is 1.70 bits per heavy atom. The van der Waals surface area contributed by atoms with Gasteiger partial charge in [0.25, 0.3) is 5.91 Å². The first-order chi connectivity index (χ1) is 16.1. The molecule has 9 heteroatoms. The number of benzene rings is 2. The number of hydrogen-bond donors (Lipinski definition) is 3. The van der Waals surface area contributed by atoms with Gasteiger partial charge < -0.3 is 19.8 Å². The second-order valence-electron chi connectivity index (χ2n) is 6.90. The molecule has 3 rings (SSSR count). The number of amides is 3. The number of furan rings is 1. The van der Waals surface area contributed by atoms with Crippen molar-refractivity contribution in [3.05, 3.63) is 89.9 Å². The van der Waals surface area contributed by atoms with Crippen LogP contribution in [-0.2, 0) is 27.3 Å². The number of hydrazone groups is 1. The lowest BCUT2D eigenvalue weighted by Crippen LogP contribution is -2.38. The van der Waals surface area contributed by atoms with Crippen molar-refractivity contribution in [3.8, 4) is 5.75 Å². The molecule has 0 saturated carbocycles. The molecule has 0 spiro atoms. The molecular weight excluding hydrogens is 424 g/mol. The third-order valence-electron chi connectivity index (χ3n) is 4.42. The summed E-state index contributed by atoms with van der Waals surface area (Å²) in [5.74, 6) is -0.718. The summed E-state index contributed by atoms with van der Waals surface area (Å²) in [6.45, 7) is 0.507. The van der Waals surface area contributed by atoms with Gasteiger partial charge in [0.1, 0.15) is 11.5 Å². The van der Waals surface area contributed by atoms with Crippen molar-refractivity contribution in [2.75, 3.05) is 13.2 Å². The number of ether oxygens (including phenoxy) is 1. The first-order valence-corrected chi connectivity index (χ1v) is 10.3. The maximum atomic E-state index is 11.8. The van der Waals surface area contributed by atoms with Gasteiger partial charge >= 0.3 is 11.8 Å². The summed E-state index contributed by atoms with van der Waals surface area (Å²) in [5.41, 5.74) is 3.93. The molecule has 3 aromatic rings. The average molecular weight is 448 g/mol. The normalized spacial score (nSPS) is 10.5. The van der Waals surface area contributed by atoms with E-state index in [1.807, 2.05) is 30.3 Å². The summed E-state index contributed by atoms with van der Waals surface area (Å²) in [7, 11) is 0. The van der Waals surface area contributed by atoms with Crippen molar-refractivity contribution in [1.29, 1.82) is 0 Å². The first kappa shape index (κ1) is 23.3. The fraction of sp³-hybridized carbons (Fsp3) is 0.167. The quantitative estimate of drug-likeness (QED) is 0.248. The molecule has 3 amide bonds. The predicted octanol–water partition coefficient (Wildman–Crippen LogP) is 1.78. The molecule has 170 valence electrons. The van der Waals surface area contributed by atoms with Crippen LogP contribution < -0.4 is 20.8 Å². The minimum absolute atomic E-state index is 0.135. The number of carbonyl (C=O) groups excluding carboxylic acids is 3. The minimum Gasteiger partial charge on any atom is -0.484 e. The summed E-state index contributed by atoms with van der Waals surface area (Å²) >= 11 is 0. The van der Waals surface area contributed by atoms with Crippen LogP contribution in [0.4, 0.5) is 0 Å². The summed E-state index contributed by atoms with van der Waals surface area (Å²) < 4.78 is 10.6. The van der Waals surface area contributed by atoms with Crippen LogP contribution in [-0.4, -0.2) is 37.1 Å². The molecule has 0 fully saturated rings. The third kappa shape index (κ3) is 8.33. The minimum atomic E-state index is -0.847. The maximum absolute atomic E-state index is 11.8. The average Bonchev–Trinajstić information content (AvgIpc) is 3.36. The highest BCUT2D eigenvalue weighted by molar-refractivity contribution is 6.35. The summed E-state index contributed by atoms with van der Waals surface area (Å²) in [6.07, 6.45) is 3.56. The van der Waals surface area contributed by atoms with Gasteiger partial charge in [0.2, 0.25) is 0 Å². The molecule has 0 aliphatic rings. The summed E-state index contributed by atoms with van der Waals surface area (Å²) in [4.78, 5) is 35.4. The molecule has 0 saturated heterocycles. The Bertz CT molecular complexity index is 1060. The van der Waals surface area contributed by atoms with Crippen LogP contribution in [0.25, 0.3) is 0 Å². The van der Waals surface area contributed by atoms with Crippen LogP contribution in [0.5, 0.6) is 5.75 Å². The van der Waals surface area contributed by atoms with Crippen molar-refractivity contribution in [2.24, 2.45) is 5.10 Å². The third-order valence-corrected chi connectivity index (χ3v) is 4.42. The first-order valence-electron chi connectivity index (χ1n) is 10.3. The smallest absolute Gasteiger partial charge is 0.329 e. The lowest BCUT2D eigenvalue weighted by molar-refractivity contribution is -0.139. The lowest BCUT2D eigenvalue weighted by atomic mass is 10.1. The molecule has 3 N–H and O–H groups in total. The van der Waals surface area contributed by atoms with Gasteiger partial charge in [-0.3, -0.25) is 14.4 Å². The molecule has 33 heavy (non-hydrogen) atoms. The van der Waals surface area contributed by atoms with Gasteiger partial charge in [0, 0.05) is 6.54 Å². The highest BCUT2D eigenvalue weighted by Crippen LogP contribution is 2.11. The molecule has 0 aliphatic heterocycles. The van der Waals surface area contributed by atoms with Gasteiger partial charge in [-0.15, -0.1) is 0 Å². The number of nitrogens with one attached hydrogen (secondary N) is 3. The van der Waals surface area contributed by atoms with E-state index in [9.17, 15) is 14.4 Å². The topological polar surface area (TPSA) is 122 Å². The Hall–Kier alpha value is -4.40. The molecule has 1 heterocycles. The maximum Gasteiger partial charge on any atom is 0.329 e. The van der Waals surface area contributed by atoms with E-state index in [0.717, 1.165) is 5.56 Å².